The van der Waals surface area contributed by atoms with Crippen LogP contribution in [-0.2, 0) is 0 Å². The Labute approximate surface area is 129 Å². The molecule has 0 unspecified atom stereocenters. The summed E-state index contributed by atoms with van der Waals surface area (Å²) in [6.07, 6.45) is 0. The molecule has 0 aliphatic rings. The molecule has 3 rings (SSSR count). The second-order valence-electron chi connectivity index (χ2n) is 2.74. The van der Waals surface area contributed by atoms with Crippen molar-refractivity contribution < 1.29 is 0 Å². The van der Waals surface area contributed by atoms with Gasteiger partial charge in [-0.25, -0.2) is 0 Å². The van der Waals surface area contributed by atoms with Crippen LogP contribution in [0.25, 0.3) is 0 Å². The lowest BCUT2D eigenvalue weighted by atomic mass is 10.4. The molecule has 0 N–H and O–H groups in total. The van der Waals surface area contributed by atoms with E-state index in [9.17, 15) is 0 Å². The van der Waals surface area contributed by atoms with Crippen LogP contribution in [0.5, 0.6) is 0 Å². The Morgan fingerprint density at radius 2 is 0.556 bits per heavy atom. The molecule has 0 amide bonds. The van der Waals surface area contributed by atoms with Crippen molar-refractivity contribution in [3.8, 4) is 0 Å². The van der Waals surface area contributed by atoms with E-state index in [4.69, 9.17) is 0 Å². The molecule has 2 aromatic heterocycles. The molecular formula is C14H16Cl2S2. The van der Waals surface area contributed by atoms with E-state index >= 15 is 0 Å². The lowest BCUT2D eigenvalue weighted by molar-refractivity contribution is 1.72. The first kappa shape index (κ1) is 19.5. The van der Waals surface area contributed by atoms with Gasteiger partial charge in [0.15, 0.2) is 0 Å². The van der Waals surface area contributed by atoms with Crippen LogP contribution in [0, 0.1) is 0 Å². The molecule has 1 aromatic carbocycles. The maximum absolute atomic E-state index is 2.04. The van der Waals surface area contributed by atoms with Crippen LogP contribution >= 0.6 is 47.5 Å². The second kappa shape index (κ2) is 16.2. The Morgan fingerprint density at radius 1 is 0.333 bits per heavy atom. The molecule has 0 fully saturated rings. The molecule has 0 atom stereocenters. The average molecular weight is 319 g/mol. The molecule has 18 heavy (non-hydrogen) atoms. The minimum atomic E-state index is 0. The highest BCUT2D eigenvalue weighted by Crippen LogP contribution is 1.92. The number of hydrogen-bond donors (Lipinski definition) is 0. The Hall–Kier alpha value is -0.800. The van der Waals surface area contributed by atoms with Crippen LogP contribution in [0.4, 0.5) is 0 Å². The van der Waals surface area contributed by atoms with Gasteiger partial charge in [0.05, 0.1) is 0 Å². The monoisotopic (exact) mass is 318 g/mol. The number of hydrogen-bond acceptors (Lipinski definition) is 2. The zero-order chi connectivity index (χ0) is 11.3. The van der Waals surface area contributed by atoms with Crippen molar-refractivity contribution in [2.24, 2.45) is 0 Å². The molecule has 0 bridgehead atoms. The van der Waals surface area contributed by atoms with Gasteiger partial charge in [0.25, 0.3) is 0 Å². The third kappa shape index (κ3) is 13.3. The van der Waals surface area contributed by atoms with E-state index in [1.807, 2.05) is 82.2 Å². The smallest absolute Gasteiger partial charge is 0.00934 e. The van der Waals surface area contributed by atoms with Gasteiger partial charge in [-0.05, 0) is 21.5 Å². The number of thiophene rings is 2. The maximum Gasteiger partial charge on any atom is -0.00934 e. The minimum Gasteiger partial charge on any atom is -0.152 e. The number of rotatable bonds is 0. The summed E-state index contributed by atoms with van der Waals surface area (Å²) in [4.78, 5) is 0. The van der Waals surface area contributed by atoms with Crippen LogP contribution in [-0.4, -0.2) is 0 Å². The zero-order valence-corrected chi connectivity index (χ0v) is 13.0. The molecule has 0 spiro atoms. The highest BCUT2D eigenvalue weighted by Gasteiger charge is 1.59. The quantitative estimate of drug-likeness (QED) is 0.475. The summed E-state index contributed by atoms with van der Waals surface area (Å²) < 4.78 is 0. The predicted octanol–water partition coefficient (Wildman–Crippen LogP) is 6.03. The average Bonchev–Trinajstić information content (AvgIpc) is 3.10. The SMILES string of the molecule is Cl.Cl.c1ccccc1.c1ccsc1.c1ccsc1. The van der Waals surface area contributed by atoms with Crippen molar-refractivity contribution in [2.75, 3.05) is 0 Å². The van der Waals surface area contributed by atoms with Crippen molar-refractivity contribution >= 4 is 47.5 Å². The van der Waals surface area contributed by atoms with Gasteiger partial charge in [0.2, 0.25) is 0 Å². The minimum absolute atomic E-state index is 0. The number of halogens is 2. The molecule has 98 valence electrons. The van der Waals surface area contributed by atoms with E-state index in [0.29, 0.717) is 0 Å². The van der Waals surface area contributed by atoms with E-state index in [0.717, 1.165) is 0 Å². The molecular weight excluding hydrogens is 303 g/mol. The lowest BCUT2D eigenvalue weighted by Gasteiger charge is -1.69. The topological polar surface area (TPSA) is 0 Å². The predicted molar refractivity (Wildman–Crippen MR) is 89.6 cm³/mol. The summed E-state index contributed by atoms with van der Waals surface area (Å²) in [5, 5.41) is 8.17. The van der Waals surface area contributed by atoms with Crippen molar-refractivity contribution in [1.82, 2.24) is 0 Å². The molecule has 0 radical (unpaired) electrons. The van der Waals surface area contributed by atoms with Crippen molar-refractivity contribution in [2.45, 2.75) is 0 Å². The lowest BCUT2D eigenvalue weighted by Crippen LogP contribution is -1.47. The number of benzene rings is 1. The van der Waals surface area contributed by atoms with Crippen LogP contribution < -0.4 is 0 Å². The molecule has 0 aliphatic carbocycles. The summed E-state index contributed by atoms with van der Waals surface area (Å²) in [6.45, 7) is 0. The third-order valence-electron chi connectivity index (χ3n) is 1.52. The summed E-state index contributed by atoms with van der Waals surface area (Å²) in [5.41, 5.74) is 0. The Kier molecular flexibility index (Phi) is 17.6. The summed E-state index contributed by atoms with van der Waals surface area (Å²) in [7, 11) is 0. The Balaban J connectivity index is 0. The van der Waals surface area contributed by atoms with Gasteiger partial charge in [0, 0.05) is 0 Å². The van der Waals surface area contributed by atoms with Gasteiger partial charge in [-0.1, -0.05) is 60.7 Å². The summed E-state index contributed by atoms with van der Waals surface area (Å²) in [5.74, 6) is 0. The van der Waals surface area contributed by atoms with E-state index in [2.05, 4.69) is 0 Å². The fourth-order valence-corrected chi connectivity index (χ4v) is 1.75. The first-order valence-corrected chi connectivity index (χ1v) is 6.83. The van der Waals surface area contributed by atoms with E-state index in [1.54, 1.807) is 22.7 Å². The van der Waals surface area contributed by atoms with Crippen molar-refractivity contribution in [1.29, 1.82) is 0 Å². The fourth-order valence-electron chi connectivity index (χ4n) is 0.839. The zero-order valence-electron chi connectivity index (χ0n) is 9.72. The van der Waals surface area contributed by atoms with E-state index < -0.39 is 0 Å². The van der Waals surface area contributed by atoms with Gasteiger partial charge in [-0.15, -0.1) is 24.8 Å². The Bertz CT molecular complexity index is 309. The van der Waals surface area contributed by atoms with Gasteiger partial charge in [-0.2, -0.15) is 22.7 Å². The molecule has 0 nitrogen and oxygen atoms in total. The van der Waals surface area contributed by atoms with E-state index in [1.165, 1.54) is 0 Å². The van der Waals surface area contributed by atoms with Gasteiger partial charge in [-0.3, -0.25) is 0 Å². The first-order chi connectivity index (χ1) is 8.00. The summed E-state index contributed by atoms with van der Waals surface area (Å²) in [6, 6.07) is 20.1. The second-order valence-corrected chi connectivity index (χ2v) is 4.37. The highest BCUT2D eigenvalue weighted by molar-refractivity contribution is 7.08. The van der Waals surface area contributed by atoms with Crippen LogP contribution in [0.15, 0.2) is 82.2 Å². The normalized spacial score (nSPS) is 7.11. The van der Waals surface area contributed by atoms with Gasteiger partial charge >= 0.3 is 0 Å². The summed E-state index contributed by atoms with van der Waals surface area (Å²) >= 11 is 3.43. The molecule has 3 aromatic rings. The fraction of sp³-hybridized carbons (Fsp3) is 0. The molecule has 2 heterocycles. The first-order valence-electron chi connectivity index (χ1n) is 4.94. The van der Waals surface area contributed by atoms with Crippen LogP contribution in [0.2, 0.25) is 0 Å². The van der Waals surface area contributed by atoms with Crippen LogP contribution in [0.3, 0.4) is 0 Å². The van der Waals surface area contributed by atoms with Crippen LogP contribution in [0.1, 0.15) is 0 Å². The van der Waals surface area contributed by atoms with Crippen molar-refractivity contribution in [3.05, 3.63) is 82.2 Å². The molecule has 4 heteroatoms. The van der Waals surface area contributed by atoms with Crippen molar-refractivity contribution in [3.63, 3.8) is 0 Å². The maximum atomic E-state index is 2.04. The molecule has 0 aliphatic heterocycles. The third-order valence-corrected chi connectivity index (χ3v) is 2.77. The molecule has 0 saturated heterocycles. The Morgan fingerprint density at radius 3 is 0.667 bits per heavy atom. The van der Waals surface area contributed by atoms with Gasteiger partial charge < -0.3 is 0 Å². The highest BCUT2D eigenvalue weighted by atomic mass is 35.5. The van der Waals surface area contributed by atoms with Gasteiger partial charge in [0.1, 0.15) is 0 Å². The standard InChI is InChI=1S/C6H6.2C4H4S.2ClH/c1-2-4-6-5-3-1;2*1-2-4-5-3-1;;/h1-6H;2*1-4H;2*1H. The largest absolute Gasteiger partial charge is 0.152 e. The molecule has 0 saturated carbocycles. The van der Waals surface area contributed by atoms with E-state index in [-0.39, 0.29) is 24.8 Å².